The number of halogens is 1. The van der Waals surface area contributed by atoms with Crippen LogP contribution in [0.25, 0.3) is 0 Å². The summed E-state index contributed by atoms with van der Waals surface area (Å²) in [6, 6.07) is 15.2. The van der Waals surface area contributed by atoms with Gasteiger partial charge in [-0.1, -0.05) is 76.8 Å². The smallest absolute Gasteiger partial charge is 0.259 e. The molecule has 0 saturated carbocycles. The van der Waals surface area contributed by atoms with Crippen molar-refractivity contribution < 1.29 is 9.53 Å². The summed E-state index contributed by atoms with van der Waals surface area (Å²) in [6.45, 7) is 2.92. The van der Waals surface area contributed by atoms with E-state index in [-0.39, 0.29) is 5.91 Å². The van der Waals surface area contributed by atoms with E-state index in [0.29, 0.717) is 17.9 Å². The molecule has 2 aromatic rings. The lowest BCUT2D eigenvalue weighted by Crippen LogP contribution is -2.14. The van der Waals surface area contributed by atoms with Gasteiger partial charge in [-0.15, -0.1) is 0 Å². The van der Waals surface area contributed by atoms with E-state index in [1.165, 1.54) is 57.8 Å². The van der Waals surface area contributed by atoms with Crippen LogP contribution in [-0.4, -0.2) is 12.5 Å². The molecule has 2 aromatic carbocycles. The number of amides is 1. The van der Waals surface area contributed by atoms with Crippen LogP contribution in [0.4, 0.5) is 5.69 Å². The number of carbonyl (C=O) groups excluding carboxylic acids is 1. The molecule has 2 rings (SSSR count). The predicted molar refractivity (Wildman–Crippen MR) is 131 cm³/mol. The zero-order valence-electron chi connectivity index (χ0n) is 17.6. The van der Waals surface area contributed by atoms with E-state index in [0.717, 1.165) is 15.7 Å². The van der Waals surface area contributed by atoms with Gasteiger partial charge in [-0.3, -0.25) is 4.79 Å². The molecule has 0 saturated heterocycles. The lowest BCUT2D eigenvalue weighted by atomic mass is 10.1. The fourth-order valence-corrected chi connectivity index (χ4v) is 3.64. The SMILES string of the molecule is CCCCCCCCCCCCOc1ccccc1C(=O)Nc1ccc(I)cc1. The monoisotopic (exact) mass is 507 g/mol. The maximum Gasteiger partial charge on any atom is 0.259 e. The number of para-hydroxylation sites is 1. The number of rotatable bonds is 14. The number of hydrogen-bond acceptors (Lipinski definition) is 2. The van der Waals surface area contributed by atoms with Gasteiger partial charge in [-0.25, -0.2) is 0 Å². The van der Waals surface area contributed by atoms with Gasteiger partial charge >= 0.3 is 0 Å². The zero-order chi connectivity index (χ0) is 20.7. The molecule has 1 N–H and O–H groups in total. The average Bonchev–Trinajstić information content (AvgIpc) is 2.74. The van der Waals surface area contributed by atoms with Gasteiger partial charge in [0.15, 0.2) is 0 Å². The minimum atomic E-state index is -0.134. The maximum absolute atomic E-state index is 12.6. The molecule has 0 aliphatic rings. The first-order valence-corrected chi connectivity index (χ1v) is 12.1. The van der Waals surface area contributed by atoms with Crippen molar-refractivity contribution in [3.8, 4) is 5.75 Å². The molecule has 0 bridgehead atoms. The molecule has 0 atom stereocenters. The molecular weight excluding hydrogens is 473 g/mol. The highest BCUT2D eigenvalue weighted by Crippen LogP contribution is 2.21. The van der Waals surface area contributed by atoms with Crippen LogP contribution in [0.1, 0.15) is 81.5 Å². The molecule has 158 valence electrons. The van der Waals surface area contributed by atoms with Crippen LogP contribution in [0.2, 0.25) is 0 Å². The highest BCUT2D eigenvalue weighted by Gasteiger charge is 2.12. The number of ether oxygens (including phenoxy) is 1. The molecular formula is C25H34INO2. The normalized spacial score (nSPS) is 10.7. The van der Waals surface area contributed by atoms with E-state index in [4.69, 9.17) is 4.74 Å². The molecule has 3 nitrogen and oxygen atoms in total. The number of unbranched alkanes of at least 4 members (excludes halogenated alkanes) is 9. The highest BCUT2D eigenvalue weighted by atomic mass is 127. The van der Waals surface area contributed by atoms with Crippen molar-refractivity contribution in [2.24, 2.45) is 0 Å². The molecule has 0 unspecified atom stereocenters. The summed E-state index contributed by atoms with van der Waals surface area (Å²) in [4.78, 5) is 12.6. The summed E-state index contributed by atoms with van der Waals surface area (Å²) in [5.74, 6) is 0.524. The van der Waals surface area contributed by atoms with E-state index < -0.39 is 0 Å². The van der Waals surface area contributed by atoms with E-state index in [1.54, 1.807) is 0 Å². The van der Waals surface area contributed by atoms with Crippen molar-refractivity contribution in [1.29, 1.82) is 0 Å². The molecule has 0 spiro atoms. The Kier molecular flexibility index (Phi) is 11.8. The quantitative estimate of drug-likeness (QED) is 0.209. The van der Waals surface area contributed by atoms with E-state index in [2.05, 4.69) is 34.8 Å². The largest absolute Gasteiger partial charge is 0.493 e. The molecule has 4 heteroatoms. The first-order valence-electron chi connectivity index (χ1n) is 11.0. The number of hydrogen-bond donors (Lipinski definition) is 1. The van der Waals surface area contributed by atoms with Crippen molar-refractivity contribution >= 4 is 34.2 Å². The van der Waals surface area contributed by atoms with Crippen molar-refractivity contribution in [1.82, 2.24) is 0 Å². The van der Waals surface area contributed by atoms with Crippen molar-refractivity contribution in [3.63, 3.8) is 0 Å². The number of benzene rings is 2. The van der Waals surface area contributed by atoms with Gasteiger partial charge in [0.1, 0.15) is 5.75 Å². The second kappa shape index (κ2) is 14.4. The van der Waals surface area contributed by atoms with E-state index in [9.17, 15) is 4.79 Å². The van der Waals surface area contributed by atoms with Gasteiger partial charge < -0.3 is 10.1 Å². The minimum absolute atomic E-state index is 0.134. The summed E-state index contributed by atoms with van der Waals surface area (Å²) < 4.78 is 7.06. The van der Waals surface area contributed by atoms with Gasteiger partial charge in [0.2, 0.25) is 0 Å². The molecule has 0 radical (unpaired) electrons. The first kappa shape index (κ1) is 23.7. The summed E-state index contributed by atoms with van der Waals surface area (Å²) in [7, 11) is 0. The Hall–Kier alpha value is -1.56. The fraction of sp³-hybridized carbons (Fsp3) is 0.480. The molecule has 0 heterocycles. The Balaban J connectivity index is 1.67. The zero-order valence-corrected chi connectivity index (χ0v) is 19.7. The van der Waals surface area contributed by atoms with Crippen LogP contribution >= 0.6 is 22.6 Å². The van der Waals surface area contributed by atoms with Gasteiger partial charge in [0.05, 0.1) is 12.2 Å². The number of anilines is 1. The predicted octanol–water partition coefficient (Wildman–Crippen LogP) is 7.84. The van der Waals surface area contributed by atoms with Gasteiger partial charge in [-0.05, 0) is 65.4 Å². The van der Waals surface area contributed by atoms with Crippen molar-refractivity contribution in [3.05, 3.63) is 57.7 Å². The standard InChI is InChI=1S/C25H34INO2/c1-2-3-4-5-6-7-8-9-10-13-20-29-24-15-12-11-14-23(24)25(28)27-22-18-16-21(26)17-19-22/h11-12,14-19H,2-10,13,20H2,1H3,(H,27,28). The number of carbonyl (C=O) groups is 1. The topological polar surface area (TPSA) is 38.3 Å². The summed E-state index contributed by atoms with van der Waals surface area (Å²) in [6.07, 6.45) is 13.0. The summed E-state index contributed by atoms with van der Waals surface area (Å²) in [5, 5.41) is 2.95. The van der Waals surface area contributed by atoms with Crippen LogP contribution in [-0.2, 0) is 0 Å². The minimum Gasteiger partial charge on any atom is -0.493 e. The molecule has 0 aliphatic heterocycles. The Morgan fingerprint density at radius 1 is 0.828 bits per heavy atom. The molecule has 0 fully saturated rings. The lowest BCUT2D eigenvalue weighted by Gasteiger charge is -2.12. The van der Waals surface area contributed by atoms with Crippen molar-refractivity contribution in [2.45, 2.75) is 71.1 Å². The van der Waals surface area contributed by atoms with E-state index in [1.807, 2.05) is 48.5 Å². The van der Waals surface area contributed by atoms with Crippen LogP contribution in [0.15, 0.2) is 48.5 Å². The van der Waals surface area contributed by atoms with Crippen LogP contribution in [0.5, 0.6) is 5.75 Å². The van der Waals surface area contributed by atoms with Crippen LogP contribution < -0.4 is 10.1 Å². The molecule has 0 aliphatic carbocycles. The first-order chi connectivity index (χ1) is 14.2. The van der Waals surface area contributed by atoms with Gasteiger partial charge in [-0.2, -0.15) is 0 Å². The van der Waals surface area contributed by atoms with Gasteiger partial charge in [0.25, 0.3) is 5.91 Å². The maximum atomic E-state index is 12.6. The Labute approximate surface area is 189 Å². The summed E-state index contributed by atoms with van der Waals surface area (Å²) >= 11 is 2.25. The van der Waals surface area contributed by atoms with Crippen molar-refractivity contribution in [2.75, 3.05) is 11.9 Å². The Morgan fingerprint density at radius 2 is 1.41 bits per heavy atom. The van der Waals surface area contributed by atoms with Crippen LogP contribution in [0.3, 0.4) is 0 Å². The van der Waals surface area contributed by atoms with Crippen LogP contribution in [0, 0.1) is 3.57 Å². The Bertz CT molecular complexity index is 715. The highest BCUT2D eigenvalue weighted by molar-refractivity contribution is 14.1. The Morgan fingerprint density at radius 3 is 2.07 bits per heavy atom. The third-order valence-electron chi connectivity index (χ3n) is 4.99. The second-order valence-electron chi connectivity index (χ2n) is 7.49. The third kappa shape index (κ3) is 9.66. The molecule has 29 heavy (non-hydrogen) atoms. The average molecular weight is 507 g/mol. The van der Waals surface area contributed by atoms with E-state index >= 15 is 0 Å². The molecule has 1 amide bonds. The fourth-order valence-electron chi connectivity index (χ4n) is 3.28. The lowest BCUT2D eigenvalue weighted by molar-refractivity contribution is 0.102. The van der Waals surface area contributed by atoms with Gasteiger partial charge in [0, 0.05) is 9.26 Å². The summed E-state index contributed by atoms with van der Waals surface area (Å²) in [5.41, 5.74) is 1.37. The third-order valence-corrected chi connectivity index (χ3v) is 5.71. The number of nitrogens with one attached hydrogen (secondary N) is 1. The second-order valence-corrected chi connectivity index (χ2v) is 8.73. The molecule has 0 aromatic heterocycles.